The summed E-state index contributed by atoms with van der Waals surface area (Å²) < 4.78 is 17.4. The monoisotopic (exact) mass is 608 g/mol. The number of halogens is 1. The van der Waals surface area contributed by atoms with Gasteiger partial charge in [0.25, 0.3) is 11.8 Å². The molecule has 0 aromatic heterocycles. The number of hydrogen-bond donors (Lipinski definition) is 1. The smallest absolute Gasteiger partial charge is 0.335 e. The number of benzene rings is 3. The highest BCUT2D eigenvalue weighted by Gasteiger charge is 2.37. The number of hydrogen-bond acceptors (Lipinski definition) is 6. The van der Waals surface area contributed by atoms with Crippen LogP contribution in [0.2, 0.25) is 0 Å². The molecule has 1 fully saturated rings. The van der Waals surface area contributed by atoms with Crippen molar-refractivity contribution in [2.75, 3.05) is 18.6 Å². The fraction of sp³-hybridized carbons (Fsp3) is 0.107. The van der Waals surface area contributed by atoms with Crippen LogP contribution in [0.15, 0.2) is 72.3 Å². The maximum absolute atomic E-state index is 13.3. The summed E-state index contributed by atoms with van der Waals surface area (Å²) in [5, 5.41) is 2.22. The second-order valence-corrected chi connectivity index (χ2v) is 8.92. The van der Waals surface area contributed by atoms with Crippen LogP contribution in [0, 0.1) is 15.9 Å². The molecule has 0 unspecified atom stereocenters. The average Bonchev–Trinajstić information content (AvgIpc) is 2.90. The number of rotatable bonds is 8. The fourth-order valence-electron chi connectivity index (χ4n) is 3.57. The standard InChI is InChI=1S/C28H21IN2O6/c1-3-13-36-25-23(29)15-19(16-24(25)35-2)14-22-26(32)30-28(34)31(27(22)33)20-9-11-21(12-10-20)37-17-18-7-5-4-6-8-18/h1,4-12,14-16H,13,17H2,2H3,(H,30,32,34)/b22-14+. The lowest BCUT2D eigenvalue weighted by Crippen LogP contribution is -2.54. The Balaban J connectivity index is 1.57. The number of carbonyl (C=O) groups is 3. The summed E-state index contributed by atoms with van der Waals surface area (Å²) in [5.41, 5.74) is 1.59. The highest BCUT2D eigenvalue weighted by atomic mass is 127. The Morgan fingerprint density at radius 1 is 1.03 bits per heavy atom. The summed E-state index contributed by atoms with van der Waals surface area (Å²) in [6.07, 6.45) is 6.67. The molecule has 9 heteroatoms. The Morgan fingerprint density at radius 2 is 1.76 bits per heavy atom. The van der Waals surface area contributed by atoms with E-state index in [1.165, 1.54) is 13.2 Å². The minimum absolute atomic E-state index is 0.0564. The van der Waals surface area contributed by atoms with Gasteiger partial charge in [-0.25, -0.2) is 9.69 Å². The van der Waals surface area contributed by atoms with Crippen molar-refractivity contribution in [1.82, 2.24) is 5.32 Å². The van der Waals surface area contributed by atoms with Crippen LogP contribution in [-0.2, 0) is 16.2 Å². The molecule has 186 valence electrons. The van der Waals surface area contributed by atoms with Gasteiger partial charge in [-0.1, -0.05) is 36.3 Å². The first-order valence-corrected chi connectivity index (χ1v) is 12.1. The molecule has 1 aliphatic heterocycles. The number of amides is 4. The maximum atomic E-state index is 13.3. The van der Waals surface area contributed by atoms with Gasteiger partial charge < -0.3 is 14.2 Å². The number of barbiturate groups is 1. The second kappa shape index (κ2) is 11.6. The number of methoxy groups -OCH3 is 1. The third-order valence-electron chi connectivity index (χ3n) is 5.31. The van der Waals surface area contributed by atoms with Crippen molar-refractivity contribution in [3.05, 3.63) is 87.0 Å². The average molecular weight is 608 g/mol. The lowest BCUT2D eigenvalue weighted by Gasteiger charge is -2.26. The molecule has 0 spiro atoms. The summed E-state index contributed by atoms with van der Waals surface area (Å²) in [6, 6.07) is 18.6. The van der Waals surface area contributed by atoms with Gasteiger partial charge in [0.15, 0.2) is 11.5 Å². The molecule has 0 bridgehead atoms. The fourth-order valence-corrected chi connectivity index (χ4v) is 4.35. The minimum atomic E-state index is -0.838. The zero-order valence-corrected chi connectivity index (χ0v) is 21.9. The molecule has 4 rings (SSSR count). The molecule has 3 aromatic rings. The molecule has 1 saturated heterocycles. The molecule has 1 aliphatic rings. The predicted octanol–water partition coefficient (Wildman–Crippen LogP) is 4.56. The second-order valence-electron chi connectivity index (χ2n) is 7.75. The molecular formula is C28H21IN2O6. The number of carbonyl (C=O) groups excluding carboxylic acids is 3. The molecule has 8 nitrogen and oxygen atoms in total. The summed E-state index contributed by atoms with van der Waals surface area (Å²) in [5.74, 6) is 2.25. The molecule has 37 heavy (non-hydrogen) atoms. The Labute approximate surface area is 227 Å². The lowest BCUT2D eigenvalue weighted by molar-refractivity contribution is -0.122. The van der Waals surface area contributed by atoms with Crippen LogP contribution < -0.4 is 24.4 Å². The zero-order valence-electron chi connectivity index (χ0n) is 19.7. The van der Waals surface area contributed by atoms with Gasteiger partial charge in [0.05, 0.1) is 16.4 Å². The van der Waals surface area contributed by atoms with Crippen LogP contribution in [-0.4, -0.2) is 31.6 Å². The number of terminal acetylenes is 1. The van der Waals surface area contributed by atoms with Crippen LogP contribution in [0.25, 0.3) is 6.08 Å². The van der Waals surface area contributed by atoms with Gasteiger partial charge >= 0.3 is 6.03 Å². The van der Waals surface area contributed by atoms with E-state index in [9.17, 15) is 14.4 Å². The van der Waals surface area contributed by atoms with E-state index in [4.69, 9.17) is 20.6 Å². The molecule has 3 aromatic carbocycles. The topological polar surface area (TPSA) is 94.2 Å². The summed E-state index contributed by atoms with van der Waals surface area (Å²) >= 11 is 2.04. The van der Waals surface area contributed by atoms with E-state index in [0.717, 1.165) is 10.5 Å². The maximum Gasteiger partial charge on any atom is 0.335 e. The summed E-state index contributed by atoms with van der Waals surface area (Å²) in [6.45, 7) is 0.431. The van der Waals surface area contributed by atoms with Gasteiger partial charge in [-0.15, -0.1) is 6.42 Å². The third-order valence-corrected chi connectivity index (χ3v) is 6.11. The number of imide groups is 2. The van der Waals surface area contributed by atoms with E-state index in [-0.39, 0.29) is 17.9 Å². The Morgan fingerprint density at radius 3 is 2.43 bits per heavy atom. The molecule has 0 atom stereocenters. The first kappa shape index (κ1) is 25.8. The van der Waals surface area contributed by atoms with Gasteiger partial charge in [0.1, 0.15) is 24.5 Å². The Kier molecular flexibility index (Phi) is 8.10. The van der Waals surface area contributed by atoms with Crippen LogP contribution in [0.4, 0.5) is 10.5 Å². The van der Waals surface area contributed by atoms with Gasteiger partial charge in [0.2, 0.25) is 0 Å². The van der Waals surface area contributed by atoms with Gasteiger partial charge in [0, 0.05) is 0 Å². The molecule has 4 amide bonds. The Hall–Kier alpha value is -4.30. The SMILES string of the molecule is C#CCOc1c(I)cc(/C=C2\C(=O)NC(=O)N(c3ccc(OCc4ccccc4)cc3)C2=O)cc1OC. The number of nitrogens with zero attached hydrogens (tertiary/aromatic N) is 1. The Bertz CT molecular complexity index is 1410. The van der Waals surface area contributed by atoms with E-state index >= 15 is 0 Å². The lowest BCUT2D eigenvalue weighted by atomic mass is 10.1. The quantitative estimate of drug-likeness (QED) is 0.175. The zero-order chi connectivity index (χ0) is 26.4. The van der Waals surface area contributed by atoms with Crippen molar-refractivity contribution in [2.45, 2.75) is 6.61 Å². The van der Waals surface area contributed by atoms with Crippen molar-refractivity contribution in [1.29, 1.82) is 0 Å². The van der Waals surface area contributed by atoms with Crippen molar-refractivity contribution < 1.29 is 28.6 Å². The first-order chi connectivity index (χ1) is 17.9. The largest absolute Gasteiger partial charge is 0.493 e. The van der Waals surface area contributed by atoms with E-state index in [2.05, 4.69) is 11.2 Å². The third kappa shape index (κ3) is 5.92. The van der Waals surface area contributed by atoms with Crippen LogP contribution >= 0.6 is 22.6 Å². The van der Waals surface area contributed by atoms with E-state index in [1.54, 1.807) is 36.4 Å². The number of ether oxygens (including phenoxy) is 3. The van der Waals surface area contributed by atoms with Crippen LogP contribution in [0.1, 0.15) is 11.1 Å². The van der Waals surface area contributed by atoms with Crippen molar-refractivity contribution in [3.63, 3.8) is 0 Å². The van der Waals surface area contributed by atoms with E-state index in [0.29, 0.717) is 33.0 Å². The highest BCUT2D eigenvalue weighted by Crippen LogP contribution is 2.35. The van der Waals surface area contributed by atoms with Crippen molar-refractivity contribution in [2.24, 2.45) is 0 Å². The molecule has 1 heterocycles. The highest BCUT2D eigenvalue weighted by molar-refractivity contribution is 14.1. The van der Waals surface area contributed by atoms with Gasteiger partial charge in [-0.2, -0.15) is 0 Å². The predicted molar refractivity (Wildman–Crippen MR) is 146 cm³/mol. The molecule has 0 radical (unpaired) electrons. The number of urea groups is 1. The van der Waals surface area contributed by atoms with Crippen molar-refractivity contribution in [3.8, 4) is 29.6 Å². The molecular weight excluding hydrogens is 587 g/mol. The number of anilines is 1. The van der Waals surface area contributed by atoms with Gasteiger partial charge in [-0.3, -0.25) is 14.9 Å². The summed E-state index contributed by atoms with van der Waals surface area (Å²) in [4.78, 5) is 39.3. The van der Waals surface area contributed by atoms with Gasteiger partial charge in [-0.05, 0) is 76.2 Å². The van der Waals surface area contributed by atoms with E-state index < -0.39 is 17.8 Å². The molecule has 0 aliphatic carbocycles. The summed E-state index contributed by atoms with van der Waals surface area (Å²) in [7, 11) is 1.47. The number of nitrogens with one attached hydrogen (secondary N) is 1. The minimum Gasteiger partial charge on any atom is -0.493 e. The van der Waals surface area contributed by atoms with Crippen LogP contribution in [0.5, 0.6) is 17.2 Å². The van der Waals surface area contributed by atoms with E-state index in [1.807, 2.05) is 52.9 Å². The van der Waals surface area contributed by atoms with Crippen LogP contribution in [0.3, 0.4) is 0 Å². The first-order valence-electron chi connectivity index (χ1n) is 11.0. The molecule has 1 N–H and O–H groups in total. The van der Waals surface area contributed by atoms with Crippen molar-refractivity contribution >= 4 is 52.2 Å². The molecule has 0 saturated carbocycles. The normalized spacial score (nSPS) is 14.2.